The fraction of sp³-hybridized carbons (Fsp3) is 0.294. The van der Waals surface area contributed by atoms with Crippen LogP contribution in [0.2, 0.25) is 0 Å². The predicted octanol–water partition coefficient (Wildman–Crippen LogP) is 3.85. The largest absolute Gasteiger partial charge is 0.309 e. The summed E-state index contributed by atoms with van der Waals surface area (Å²) in [4.78, 5) is 0. The molecule has 0 bridgehead atoms. The van der Waals surface area contributed by atoms with Crippen LogP contribution < -0.4 is 5.32 Å². The summed E-state index contributed by atoms with van der Waals surface area (Å²) in [5.41, 5.74) is 4.26. The Morgan fingerprint density at radius 2 is 1.56 bits per heavy atom. The van der Waals surface area contributed by atoms with E-state index < -0.39 is 0 Å². The third-order valence-electron chi connectivity index (χ3n) is 3.50. The molecule has 2 aromatic rings. The first-order valence-electron chi connectivity index (χ1n) is 6.75. The van der Waals surface area contributed by atoms with Crippen molar-refractivity contribution >= 4 is 0 Å². The highest BCUT2D eigenvalue weighted by molar-refractivity contribution is 5.29. The quantitative estimate of drug-likeness (QED) is 0.832. The predicted molar refractivity (Wildman–Crippen MR) is 75.4 cm³/mol. The van der Waals surface area contributed by atoms with E-state index in [2.05, 4.69) is 59.9 Å². The molecule has 0 amide bonds. The van der Waals surface area contributed by atoms with E-state index in [0.717, 1.165) is 19.0 Å². The lowest BCUT2D eigenvalue weighted by Crippen LogP contribution is -2.12. The Bertz CT molecular complexity index is 500. The van der Waals surface area contributed by atoms with Crippen LogP contribution in [0.3, 0.4) is 0 Å². The summed E-state index contributed by atoms with van der Waals surface area (Å²) in [6.07, 6.45) is 2.75. The molecule has 1 saturated carbocycles. The van der Waals surface area contributed by atoms with Crippen molar-refractivity contribution < 1.29 is 0 Å². The molecule has 0 atom stereocenters. The first kappa shape index (κ1) is 11.5. The molecule has 0 spiro atoms. The molecule has 0 aromatic heterocycles. The SMILES string of the molecule is c1ccc(CNCc2cccc(C3CC3)c2)cc1. The van der Waals surface area contributed by atoms with Crippen LogP contribution in [0.1, 0.15) is 35.4 Å². The lowest BCUT2D eigenvalue weighted by atomic mass is 10.1. The highest BCUT2D eigenvalue weighted by Gasteiger charge is 2.23. The molecule has 0 aliphatic heterocycles. The standard InChI is InChI=1S/C17H19N/c1-2-5-14(6-3-1)12-18-13-15-7-4-8-17(11-15)16-9-10-16/h1-8,11,16,18H,9-10,12-13H2. The molecule has 0 heterocycles. The highest BCUT2D eigenvalue weighted by atomic mass is 14.8. The van der Waals surface area contributed by atoms with Gasteiger partial charge in [-0.2, -0.15) is 0 Å². The highest BCUT2D eigenvalue weighted by Crippen LogP contribution is 2.40. The van der Waals surface area contributed by atoms with Crippen molar-refractivity contribution in [3.8, 4) is 0 Å². The van der Waals surface area contributed by atoms with Gasteiger partial charge in [0.1, 0.15) is 0 Å². The maximum Gasteiger partial charge on any atom is 0.0208 e. The third-order valence-corrected chi connectivity index (χ3v) is 3.50. The smallest absolute Gasteiger partial charge is 0.0208 e. The number of rotatable bonds is 5. The molecule has 2 aromatic carbocycles. The summed E-state index contributed by atoms with van der Waals surface area (Å²) in [5, 5.41) is 3.50. The van der Waals surface area contributed by atoms with Crippen molar-refractivity contribution in [1.29, 1.82) is 0 Å². The zero-order valence-corrected chi connectivity index (χ0v) is 10.6. The van der Waals surface area contributed by atoms with Crippen molar-refractivity contribution in [3.63, 3.8) is 0 Å². The van der Waals surface area contributed by atoms with E-state index in [0.29, 0.717) is 0 Å². The second-order valence-electron chi connectivity index (χ2n) is 5.11. The van der Waals surface area contributed by atoms with Crippen LogP contribution >= 0.6 is 0 Å². The minimum atomic E-state index is 0.846. The molecule has 1 nitrogen and oxygen atoms in total. The summed E-state index contributed by atoms with van der Waals surface area (Å²) < 4.78 is 0. The van der Waals surface area contributed by atoms with Gasteiger partial charge < -0.3 is 5.32 Å². The van der Waals surface area contributed by atoms with Crippen LogP contribution in [-0.2, 0) is 13.1 Å². The third kappa shape index (κ3) is 2.99. The number of nitrogens with one attached hydrogen (secondary N) is 1. The van der Waals surface area contributed by atoms with Gasteiger partial charge >= 0.3 is 0 Å². The Hall–Kier alpha value is -1.60. The van der Waals surface area contributed by atoms with E-state index in [9.17, 15) is 0 Å². The topological polar surface area (TPSA) is 12.0 Å². The Labute approximate surface area is 109 Å². The number of benzene rings is 2. The van der Waals surface area contributed by atoms with Crippen molar-refractivity contribution in [2.45, 2.75) is 31.8 Å². The van der Waals surface area contributed by atoms with Crippen molar-refractivity contribution in [1.82, 2.24) is 5.32 Å². The van der Waals surface area contributed by atoms with E-state index in [4.69, 9.17) is 0 Å². The maximum absolute atomic E-state index is 3.50. The van der Waals surface area contributed by atoms with Gasteiger partial charge in [-0.3, -0.25) is 0 Å². The van der Waals surface area contributed by atoms with Crippen LogP contribution in [0.5, 0.6) is 0 Å². The van der Waals surface area contributed by atoms with E-state index in [1.54, 1.807) is 0 Å². The van der Waals surface area contributed by atoms with Gasteiger partial charge in [0, 0.05) is 13.1 Å². The molecule has 1 aliphatic carbocycles. The lowest BCUT2D eigenvalue weighted by molar-refractivity contribution is 0.692. The van der Waals surface area contributed by atoms with Gasteiger partial charge in [-0.15, -0.1) is 0 Å². The Morgan fingerprint density at radius 3 is 2.33 bits per heavy atom. The molecule has 1 aliphatic rings. The van der Waals surface area contributed by atoms with Crippen molar-refractivity contribution in [2.24, 2.45) is 0 Å². The first-order chi connectivity index (χ1) is 8.92. The van der Waals surface area contributed by atoms with E-state index in [1.807, 2.05) is 0 Å². The maximum atomic E-state index is 3.50. The fourth-order valence-electron chi connectivity index (χ4n) is 2.32. The first-order valence-corrected chi connectivity index (χ1v) is 6.75. The lowest BCUT2D eigenvalue weighted by Gasteiger charge is -2.07. The Kier molecular flexibility index (Phi) is 3.42. The number of hydrogen-bond acceptors (Lipinski definition) is 1. The molecular weight excluding hydrogens is 218 g/mol. The molecule has 1 N–H and O–H groups in total. The summed E-state index contributed by atoms with van der Waals surface area (Å²) in [7, 11) is 0. The van der Waals surface area contributed by atoms with Crippen molar-refractivity contribution in [2.75, 3.05) is 0 Å². The van der Waals surface area contributed by atoms with E-state index >= 15 is 0 Å². The Morgan fingerprint density at radius 1 is 0.833 bits per heavy atom. The molecule has 0 saturated heterocycles. The second-order valence-corrected chi connectivity index (χ2v) is 5.11. The summed E-state index contributed by atoms with van der Waals surface area (Å²) in [5.74, 6) is 0.846. The molecule has 18 heavy (non-hydrogen) atoms. The van der Waals surface area contributed by atoms with Crippen molar-refractivity contribution in [3.05, 3.63) is 71.3 Å². The van der Waals surface area contributed by atoms with E-state index in [-0.39, 0.29) is 0 Å². The van der Waals surface area contributed by atoms with Gasteiger partial charge in [-0.25, -0.2) is 0 Å². The van der Waals surface area contributed by atoms with Crippen LogP contribution in [0.4, 0.5) is 0 Å². The monoisotopic (exact) mass is 237 g/mol. The van der Waals surface area contributed by atoms with Crippen LogP contribution in [-0.4, -0.2) is 0 Å². The van der Waals surface area contributed by atoms with E-state index in [1.165, 1.54) is 29.5 Å². The van der Waals surface area contributed by atoms with Gasteiger partial charge in [-0.1, -0.05) is 54.6 Å². The number of hydrogen-bond donors (Lipinski definition) is 1. The van der Waals surface area contributed by atoms with Crippen LogP contribution in [0.15, 0.2) is 54.6 Å². The van der Waals surface area contributed by atoms with Gasteiger partial charge in [0.25, 0.3) is 0 Å². The Balaban J connectivity index is 1.55. The minimum Gasteiger partial charge on any atom is -0.309 e. The molecule has 1 heteroatoms. The molecule has 3 rings (SSSR count). The zero-order chi connectivity index (χ0) is 12.2. The van der Waals surface area contributed by atoms with Gasteiger partial charge in [0.05, 0.1) is 0 Å². The molecule has 0 radical (unpaired) electrons. The zero-order valence-electron chi connectivity index (χ0n) is 10.6. The summed E-state index contributed by atoms with van der Waals surface area (Å²) >= 11 is 0. The van der Waals surface area contributed by atoms with Gasteiger partial charge in [0.15, 0.2) is 0 Å². The van der Waals surface area contributed by atoms with Crippen LogP contribution in [0, 0.1) is 0 Å². The average Bonchev–Trinajstić information content (AvgIpc) is 3.25. The second kappa shape index (κ2) is 5.36. The molecule has 0 unspecified atom stereocenters. The van der Waals surface area contributed by atoms with Gasteiger partial charge in [-0.05, 0) is 35.4 Å². The normalized spacial score (nSPS) is 14.7. The minimum absolute atomic E-state index is 0.846. The van der Waals surface area contributed by atoms with Crippen LogP contribution in [0.25, 0.3) is 0 Å². The average molecular weight is 237 g/mol. The fourth-order valence-corrected chi connectivity index (χ4v) is 2.32. The summed E-state index contributed by atoms with van der Waals surface area (Å²) in [6, 6.07) is 19.6. The van der Waals surface area contributed by atoms with Gasteiger partial charge in [0.2, 0.25) is 0 Å². The summed E-state index contributed by atoms with van der Waals surface area (Å²) in [6.45, 7) is 1.89. The molecule has 92 valence electrons. The molecular formula is C17H19N. The molecule has 1 fully saturated rings.